The second kappa shape index (κ2) is 12.7. The Morgan fingerprint density at radius 1 is 1.09 bits per heavy atom. The number of aromatic amines is 1. The van der Waals surface area contributed by atoms with Gasteiger partial charge < -0.3 is 39.4 Å². The van der Waals surface area contributed by atoms with Gasteiger partial charge in [-0.05, 0) is 68.3 Å². The van der Waals surface area contributed by atoms with Gasteiger partial charge in [0.15, 0.2) is 0 Å². The number of fused-ring (bicyclic) bond motifs is 6. The van der Waals surface area contributed by atoms with Crippen LogP contribution >= 0.6 is 0 Å². The van der Waals surface area contributed by atoms with E-state index in [0.717, 1.165) is 27.6 Å². The number of aromatic nitrogens is 1. The Morgan fingerprint density at radius 3 is 2.54 bits per heavy atom. The lowest BCUT2D eigenvalue weighted by Crippen LogP contribution is -2.78. The monoisotopic (exact) mass is 772 g/mol. The smallest absolute Gasteiger partial charge is 0.342 e. The van der Waals surface area contributed by atoms with Crippen molar-refractivity contribution in [2.24, 2.45) is 11.8 Å². The van der Waals surface area contributed by atoms with Gasteiger partial charge in [0.2, 0.25) is 5.60 Å². The molecular formula is C43H53FN4O8. The van der Waals surface area contributed by atoms with E-state index in [1.54, 1.807) is 7.11 Å². The zero-order valence-electron chi connectivity index (χ0n) is 33.0. The molecule has 9 rings (SSSR count). The maximum Gasteiger partial charge on any atom is 0.342 e. The number of ether oxygens (including phenoxy) is 3. The summed E-state index contributed by atoms with van der Waals surface area (Å²) in [4.78, 5) is 39.0. The van der Waals surface area contributed by atoms with Gasteiger partial charge in [-0.2, -0.15) is 0 Å². The summed E-state index contributed by atoms with van der Waals surface area (Å²) in [7, 11) is 5.98. The van der Waals surface area contributed by atoms with Crippen LogP contribution in [0.5, 0.6) is 5.75 Å². The quantitative estimate of drug-likeness (QED) is 0.216. The first kappa shape index (κ1) is 37.6. The third-order valence-electron chi connectivity index (χ3n) is 14.9. The fraction of sp³-hybridized carbons (Fsp3) is 0.581. The predicted molar refractivity (Wildman–Crippen MR) is 206 cm³/mol. The van der Waals surface area contributed by atoms with E-state index in [9.17, 15) is 20.1 Å². The van der Waals surface area contributed by atoms with E-state index in [4.69, 9.17) is 14.2 Å². The van der Waals surface area contributed by atoms with E-state index in [2.05, 4.69) is 20.9 Å². The number of piperidine rings is 1. The van der Waals surface area contributed by atoms with Crippen LogP contribution in [-0.2, 0) is 36.4 Å². The molecule has 0 amide bonds. The first-order valence-electron chi connectivity index (χ1n) is 19.9. The van der Waals surface area contributed by atoms with Crippen LogP contribution in [0.4, 0.5) is 10.1 Å². The van der Waals surface area contributed by atoms with Gasteiger partial charge in [-0.25, -0.2) is 9.18 Å². The summed E-state index contributed by atoms with van der Waals surface area (Å²) in [6, 6.07) is 10.5. The number of methoxy groups -OCH3 is 3. The number of esters is 2. The fourth-order valence-corrected chi connectivity index (χ4v) is 12.7. The Labute approximate surface area is 326 Å². The number of H-pyrrole nitrogens is 1. The highest BCUT2D eigenvalue weighted by molar-refractivity contribution is 5.95. The lowest BCUT2D eigenvalue weighted by Gasteiger charge is -2.59. The Balaban J connectivity index is 1.35. The van der Waals surface area contributed by atoms with Crippen molar-refractivity contribution in [1.82, 2.24) is 14.8 Å². The molecular weight excluding hydrogens is 719 g/mol. The molecule has 1 aromatic heterocycles. The van der Waals surface area contributed by atoms with Gasteiger partial charge in [-0.3, -0.25) is 14.6 Å². The molecule has 12 nitrogen and oxygen atoms in total. The van der Waals surface area contributed by atoms with Gasteiger partial charge in [-0.1, -0.05) is 36.8 Å². The van der Waals surface area contributed by atoms with Crippen molar-refractivity contribution in [3.05, 3.63) is 70.4 Å². The molecule has 1 aliphatic carbocycles. The van der Waals surface area contributed by atoms with Crippen LogP contribution in [0.1, 0.15) is 61.9 Å². The van der Waals surface area contributed by atoms with E-state index in [0.29, 0.717) is 61.7 Å². The van der Waals surface area contributed by atoms with E-state index in [1.165, 1.54) is 21.1 Å². The molecule has 3 fully saturated rings. The molecule has 6 aliphatic rings. The van der Waals surface area contributed by atoms with Crippen LogP contribution in [0.15, 0.2) is 48.0 Å². The van der Waals surface area contributed by atoms with Gasteiger partial charge in [0.1, 0.15) is 22.9 Å². The van der Waals surface area contributed by atoms with Crippen LogP contribution in [-0.4, -0.2) is 132 Å². The van der Waals surface area contributed by atoms with Crippen molar-refractivity contribution >= 4 is 28.5 Å². The van der Waals surface area contributed by atoms with E-state index >= 15 is 9.18 Å². The summed E-state index contributed by atoms with van der Waals surface area (Å²) in [5, 5.41) is 36.8. The SMILES string of the molecule is CCC1=CCN2CC[C@]34c5cc([C@@]6(C(=O)OC)C[C@H]7CN(Cc8c6[nH]c6ccccc86)C[C@](F)(C(C)O)C7)c(OC)cc5N(C)[C@H]3[C@@](O)(C(=O)OC)[C@H](O)C1[C@H]24. The molecule has 13 heteroatoms. The highest BCUT2D eigenvalue weighted by atomic mass is 19.1. The second-order valence-electron chi connectivity index (χ2n) is 17.3. The largest absolute Gasteiger partial charge is 0.496 e. The van der Waals surface area contributed by atoms with Crippen molar-refractivity contribution in [2.75, 3.05) is 59.5 Å². The molecule has 2 saturated heterocycles. The standard InChI is InChI=1S/C43H53FN4O8/c1-7-25-12-14-48-15-13-41-28-16-29(32(54-4)17-31(28)46(3)37(41)43(53,39(52)56-6)36(50)33(25)35(41)48)42(38(51)55-5)19-24-18-40(44,23(2)49)22-47(20-24)21-27-26-10-8-9-11-30(26)45-34(27)42/h8-12,16-17,23-24,33,35-37,45,49-50,53H,7,13-15,18-22H2,1-6H3/t23?,24-,33?,35-,36+,37+,40-,41+,42-,43+/m0/s1. The Hall–Kier alpha value is -4.01. The van der Waals surface area contributed by atoms with Crippen molar-refractivity contribution in [1.29, 1.82) is 0 Å². The first-order valence-corrected chi connectivity index (χ1v) is 19.9. The maximum atomic E-state index is 16.8. The minimum atomic E-state index is -2.31. The van der Waals surface area contributed by atoms with Gasteiger partial charge >= 0.3 is 11.9 Å². The lowest BCUT2D eigenvalue weighted by atomic mass is 9.52. The molecule has 2 aromatic carbocycles. The van der Waals surface area contributed by atoms with E-state index in [-0.39, 0.29) is 31.3 Å². The van der Waals surface area contributed by atoms with Gasteiger partial charge in [-0.15, -0.1) is 0 Å². The predicted octanol–water partition coefficient (Wildman–Crippen LogP) is 3.33. The number of aliphatic hydroxyl groups excluding tert-OH is 2. The normalized spacial score (nSPS) is 37.7. The number of rotatable bonds is 6. The fourth-order valence-electron chi connectivity index (χ4n) is 12.7. The number of halogens is 1. The molecule has 3 aromatic rings. The number of hydrogen-bond donors (Lipinski definition) is 4. The number of para-hydroxylation sites is 1. The number of aliphatic hydroxyl groups is 3. The van der Waals surface area contributed by atoms with Crippen LogP contribution < -0.4 is 9.64 Å². The summed E-state index contributed by atoms with van der Waals surface area (Å²) in [6.45, 7) is 5.75. The average molecular weight is 773 g/mol. The minimum Gasteiger partial charge on any atom is -0.496 e. The van der Waals surface area contributed by atoms with Crippen molar-refractivity contribution in [3.8, 4) is 5.75 Å². The number of nitrogens with zero attached hydrogens (tertiary/aromatic N) is 3. The molecule has 56 heavy (non-hydrogen) atoms. The van der Waals surface area contributed by atoms with Crippen LogP contribution in [0.2, 0.25) is 0 Å². The highest BCUT2D eigenvalue weighted by Gasteiger charge is 2.76. The van der Waals surface area contributed by atoms with Crippen molar-refractivity contribution in [3.63, 3.8) is 0 Å². The molecule has 6 heterocycles. The summed E-state index contributed by atoms with van der Waals surface area (Å²) in [5.41, 5.74) is -1.26. The number of carbonyl (C=O) groups is 2. The number of carbonyl (C=O) groups excluding carboxylic acids is 2. The van der Waals surface area contributed by atoms with Crippen molar-refractivity contribution < 1.29 is 43.5 Å². The average Bonchev–Trinajstić information content (AvgIpc) is 3.83. The number of alkyl halides is 1. The molecule has 4 N–H and O–H groups in total. The molecule has 1 spiro atoms. The molecule has 0 radical (unpaired) electrons. The summed E-state index contributed by atoms with van der Waals surface area (Å²) < 4.78 is 34.2. The van der Waals surface area contributed by atoms with E-state index in [1.807, 2.05) is 55.3 Å². The third kappa shape index (κ3) is 4.63. The number of hydrogen-bond acceptors (Lipinski definition) is 11. The van der Waals surface area contributed by atoms with Crippen LogP contribution in [0.25, 0.3) is 10.9 Å². The summed E-state index contributed by atoms with van der Waals surface area (Å²) >= 11 is 0. The molecule has 5 aliphatic heterocycles. The van der Waals surface area contributed by atoms with Crippen LogP contribution in [0.3, 0.4) is 0 Å². The summed E-state index contributed by atoms with van der Waals surface area (Å²) in [5.74, 6) is -1.98. The molecule has 1 saturated carbocycles. The summed E-state index contributed by atoms with van der Waals surface area (Å²) in [6.07, 6.45) is 0.842. The molecule has 11 atom stereocenters. The number of anilines is 1. The lowest BCUT2D eigenvalue weighted by molar-refractivity contribution is -0.201. The number of benzene rings is 2. The maximum absolute atomic E-state index is 16.8. The number of nitrogens with one attached hydrogen (secondary N) is 1. The van der Waals surface area contributed by atoms with Crippen LogP contribution in [0, 0.1) is 11.8 Å². The topological polar surface area (TPSA) is 148 Å². The zero-order valence-corrected chi connectivity index (χ0v) is 33.0. The van der Waals surface area contributed by atoms with Gasteiger partial charge in [0, 0.05) is 84.5 Å². The Kier molecular flexibility index (Phi) is 8.55. The molecule has 3 unspecified atom stereocenters. The highest BCUT2D eigenvalue weighted by Crippen LogP contribution is 2.65. The zero-order chi connectivity index (χ0) is 39.7. The Morgan fingerprint density at radius 2 is 1.84 bits per heavy atom. The first-order chi connectivity index (χ1) is 26.7. The third-order valence-corrected chi connectivity index (χ3v) is 14.9. The molecule has 300 valence electrons. The van der Waals surface area contributed by atoms with Gasteiger partial charge in [0.05, 0.1) is 33.5 Å². The van der Waals surface area contributed by atoms with E-state index < -0.39 is 58.2 Å². The molecule has 2 bridgehead atoms. The van der Waals surface area contributed by atoms with Crippen molar-refractivity contribution in [2.45, 2.75) is 92.5 Å². The number of likely N-dealkylation sites (N-methyl/N-ethyl adjacent to an activating group) is 1. The Bertz CT molecular complexity index is 2160. The second-order valence-corrected chi connectivity index (χ2v) is 17.3. The minimum absolute atomic E-state index is 0.0480. The van der Waals surface area contributed by atoms with Gasteiger partial charge in [0.25, 0.3) is 0 Å².